The van der Waals surface area contributed by atoms with E-state index in [0.717, 1.165) is 0 Å². The van der Waals surface area contributed by atoms with Crippen molar-refractivity contribution < 1.29 is 23.9 Å². The fraction of sp³-hybridized carbons (Fsp3) is 0.250. The molecule has 0 aromatic heterocycles. The van der Waals surface area contributed by atoms with Gasteiger partial charge in [-0.2, -0.15) is 0 Å². The predicted octanol–water partition coefficient (Wildman–Crippen LogP) is 1.91. The molecule has 1 aliphatic heterocycles. The summed E-state index contributed by atoms with van der Waals surface area (Å²) in [5, 5.41) is 11.6. The van der Waals surface area contributed by atoms with E-state index in [0.29, 0.717) is 11.3 Å². The van der Waals surface area contributed by atoms with Crippen LogP contribution in [0.3, 0.4) is 0 Å². The molecular weight excluding hydrogens is 365 g/mol. The Bertz CT molecular complexity index is 885. The molecule has 1 saturated heterocycles. The van der Waals surface area contributed by atoms with Gasteiger partial charge in [0, 0.05) is 26.1 Å². The second-order valence-corrected chi connectivity index (χ2v) is 6.35. The van der Waals surface area contributed by atoms with Gasteiger partial charge in [0.25, 0.3) is 5.91 Å². The predicted molar refractivity (Wildman–Crippen MR) is 100 cm³/mol. The summed E-state index contributed by atoms with van der Waals surface area (Å²) in [5.74, 6) is -1.11. The van der Waals surface area contributed by atoms with Gasteiger partial charge in [-0.3, -0.25) is 19.8 Å². The minimum atomic E-state index is -0.580. The molecule has 146 valence electrons. The van der Waals surface area contributed by atoms with Crippen molar-refractivity contribution in [2.75, 3.05) is 24.6 Å². The number of amides is 4. The summed E-state index contributed by atoms with van der Waals surface area (Å²) in [6, 6.07) is 11.8. The third-order valence-corrected chi connectivity index (χ3v) is 4.42. The van der Waals surface area contributed by atoms with E-state index in [4.69, 9.17) is 0 Å². The molecule has 1 aliphatic rings. The second kappa shape index (κ2) is 8.62. The number of anilines is 1. The van der Waals surface area contributed by atoms with E-state index in [1.807, 2.05) is 0 Å². The van der Waals surface area contributed by atoms with Crippen LogP contribution in [0.2, 0.25) is 0 Å². The van der Waals surface area contributed by atoms with Crippen LogP contribution in [0.5, 0.6) is 0 Å². The largest absolute Gasteiger partial charge is 0.395 e. The number of nitrogens with one attached hydrogen (secondary N) is 1. The van der Waals surface area contributed by atoms with Crippen molar-refractivity contribution in [3.8, 4) is 0 Å². The summed E-state index contributed by atoms with van der Waals surface area (Å²) in [6.07, 6.45) is 0.143. The van der Waals surface area contributed by atoms with Gasteiger partial charge in [-0.05, 0) is 29.8 Å². The van der Waals surface area contributed by atoms with Crippen molar-refractivity contribution in [2.24, 2.45) is 0 Å². The first-order valence-electron chi connectivity index (χ1n) is 8.84. The lowest BCUT2D eigenvalue weighted by Gasteiger charge is -2.30. The molecule has 3 rings (SSSR count). The maximum atomic E-state index is 13.2. The molecule has 2 N–H and O–H groups in total. The van der Waals surface area contributed by atoms with E-state index in [9.17, 15) is 23.9 Å². The summed E-state index contributed by atoms with van der Waals surface area (Å²) >= 11 is 0. The average molecular weight is 385 g/mol. The Hall–Kier alpha value is -3.26. The van der Waals surface area contributed by atoms with Crippen LogP contribution in [0.15, 0.2) is 48.5 Å². The van der Waals surface area contributed by atoms with Crippen LogP contribution in [-0.2, 0) is 11.3 Å². The lowest BCUT2D eigenvalue weighted by Crippen LogP contribution is -2.50. The minimum absolute atomic E-state index is 0.0786. The Kier molecular flexibility index (Phi) is 6.00. The molecule has 8 heteroatoms. The summed E-state index contributed by atoms with van der Waals surface area (Å²) < 4.78 is 13.1. The maximum absolute atomic E-state index is 13.2. The monoisotopic (exact) mass is 385 g/mol. The van der Waals surface area contributed by atoms with Crippen LogP contribution in [0, 0.1) is 5.82 Å². The van der Waals surface area contributed by atoms with Gasteiger partial charge < -0.3 is 10.0 Å². The molecule has 0 spiro atoms. The first-order valence-corrected chi connectivity index (χ1v) is 8.84. The van der Waals surface area contributed by atoms with Crippen LogP contribution >= 0.6 is 0 Å². The number of nitrogens with zero attached hydrogens (tertiary/aromatic N) is 2. The molecule has 0 radical (unpaired) electrons. The van der Waals surface area contributed by atoms with Crippen LogP contribution in [-0.4, -0.2) is 47.5 Å². The standard InChI is InChI=1S/C20H20FN3O4/c21-15-7-5-14(6-8-15)13-23(11-12-25)19(27)16-3-1-2-4-17(16)24-10-9-18(26)22-20(24)28/h1-8,25H,9-13H2,(H,22,26,28). The Morgan fingerprint density at radius 1 is 1.14 bits per heavy atom. The third-order valence-electron chi connectivity index (χ3n) is 4.42. The number of aliphatic hydroxyl groups excluding tert-OH is 1. The highest BCUT2D eigenvalue weighted by Gasteiger charge is 2.28. The normalized spacial score (nSPS) is 14.0. The number of hydrogen-bond acceptors (Lipinski definition) is 4. The van der Waals surface area contributed by atoms with Gasteiger partial charge in [0.1, 0.15) is 5.82 Å². The number of halogens is 1. The number of para-hydroxylation sites is 1. The van der Waals surface area contributed by atoms with Crippen molar-refractivity contribution in [2.45, 2.75) is 13.0 Å². The lowest BCUT2D eigenvalue weighted by atomic mass is 10.1. The highest BCUT2D eigenvalue weighted by atomic mass is 19.1. The molecule has 2 aromatic carbocycles. The maximum Gasteiger partial charge on any atom is 0.328 e. The number of carbonyl (C=O) groups is 3. The molecule has 7 nitrogen and oxygen atoms in total. The Balaban J connectivity index is 1.88. The average Bonchev–Trinajstić information content (AvgIpc) is 2.69. The molecule has 1 fully saturated rings. The minimum Gasteiger partial charge on any atom is -0.395 e. The van der Waals surface area contributed by atoms with Gasteiger partial charge >= 0.3 is 6.03 Å². The van der Waals surface area contributed by atoms with Gasteiger partial charge in [-0.25, -0.2) is 9.18 Å². The Labute approximate surface area is 161 Å². The number of carbonyl (C=O) groups excluding carboxylic acids is 3. The van der Waals surface area contributed by atoms with Crippen LogP contribution in [0.4, 0.5) is 14.9 Å². The molecule has 0 atom stereocenters. The molecule has 4 amide bonds. The SMILES string of the molecule is O=C1CCN(c2ccccc2C(=O)N(CCO)Cc2ccc(F)cc2)C(=O)N1. The van der Waals surface area contributed by atoms with Gasteiger partial charge in [-0.1, -0.05) is 24.3 Å². The first kappa shape index (κ1) is 19.5. The van der Waals surface area contributed by atoms with Crippen LogP contribution in [0.25, 0.3) is 0 Å². The number of rotatable bonds is 6. The zero-order valence-electron chi connectivity index (χ0n) is 15.1. The molecule has 0 saturated carbocycles. The Morgan fingerprint density at radius 3 is 2.54 bits per heavy atom. The van der Waals surface area contributed by atoms with E-state index < -0.39 is 6.03 Å². The van der Waals surface area contributed by atoms with Crippen molar-refractivity contribution in [1.29, 1.82) is 0 Å². The van der Waals surface area contributed by atoms with Crippen LogP contribution < -0.4 is 10.2 Å². The highest BCUT2D eigenvalue weighted by molar-refractivity contribution is 6.09. The number of benzene rings is 2. The van der Waals surface area contributed by atoms with Gasteiger partial charge in [0.05, 0.1) is 17.9 Å². The smallest absolute Gasteiger partial charge is 0.328 e. The van der Waals surface area contributed by atoms with Crippen molar-refractivity contribution in [1.82, 2.24) is 10.2 Å². The molecule has 2 aromatic rings. The molecule has 28 heavy (non-hydrogen) atoms. The van der Waals surface area contributed by atoms with Gasteiger partial charge in [-0.15, -0.1) is 0 Å². The molecule has 1 heterocycles. The molecular formula is C20H20FN3O4. The lowest BCUT2D eigenvalue weighted by molar-refractivity contribution is -0.120. The zero-order chi connectivity index (χ0) is 20.1. The quantitative estimate of drug-likeness (QED) is 0.795. The van der Waals surface area contributed by atoms with Crippen molar-refractivity contribution in [3.63, 3.8) is 0 Å². The van der Waals surface area contributed by atoms with Crippen LogP contribution in [0.1, 0.15) is 22.3 Å². The number of hydrogen-bond donors (Lipinski definition) is 2. The first-order chi connectivity index (χ1) is 13.5. The summed E-state index contributed by atoms with van der Waals surface area (Å²) in [5.41, 5.74) is 1.38. The topological polar surface area (TPSA) is 90.0 Å². The summed E-state index contributed by atoms with van der Waals surface area (Å²) in [6.45, 7) is 0.189. The summed E-state index contributed by atoms with van der Waals surface area (Å²) in [4.78, 5) is 39.5. The third kappa shape index (κ3) is 4.34. The molecule has 0 unspecified atom stereocenters. The highest BCUT2D eigenvalue weighted by Crippen LogP contribution is 2.24. The van der Waals surface area contributed by atoms with Crippen molar-refractivity contribution >= 4 is 23.5 Å². The van der Waals surface area contributed by atoms with Gasteiger partial charge in [0.2, 0.25) is 5.91 Å². The van der Waals surface area contributed by atoms with E-state index in [1.54, 1.807) is 36.4 Å². The number of urea groups is 1. The van der Waals surface area contributed by atoms with E-state index >= 15 is 0 Å². The fourth-order valence-electron chi connectivity index (χ4n) is 3.04. The molecule has 0 aliphatic carbocycles. The van der Waals surface area contributed by atoms with E-state index in [1.165, 1.54) is 21.9 Å². The molecule has 0 bridgehead atoms. The van der Waals surface area contributed by atoms with E-state index in [2.05, 4.69) is 5.32 Å². The zero-order valence-corrected chi connectivity index (χ0v) is 15.1. The Morgan fingerprint density at radius 2 is 1.86 bits per heavy atom. The fourth-order valence-corrected chi connectivity index (χ4v) is 3.04. The summed E-state index contributed by atoms with van der Waals surface area (Å²) in [7, 11) is 0. The number of imide groups is 1. The van der Waals surface area contributed by atoms with E-state index in [-0.39, 0.29) is 55.9 Å². The van der Waals surface area contributed by atoms with Crippen molar-refractivity contribution in [3.05, 3.63) is 65.5 Å². The van der Waals surface area contributed by atoms with Gasteiger partial charge in [0.15, 0.2) is 0 Å². The number of aliphatic hydroxyl groups is 1. The second-order valence-electron chi connectivity index (χ2n) is 6.35.